The molecule has 0 saturated carbocycles. The minimum absolute atomic E-state index is 0.272. The van der Waals surface area contributed by atoms with Gasteiger partial charge in [0.2, 0.25) is 0 Å². The van der Waals surface area contributed by atoms with Gasteiger partial charge in [0.15, 0.2) is 5.41 Å². The molecule has 0 aromatic heterocycles. The number of carbonyl (C=O) groups excluding carboxylic acids is 2. The molecule has 0 saturated heterocycles. The predicted molar refractivity (Wildman–Crippen MR) is 64.4 cm³/mol. The van der Waals surface area contributed by atoms with Crippen molar-refractivity contribution in [2.75, 3.05) is 25.2 Å². The highest BCUT2D eigenvalue weighted by atomic mass is 32.2. The first-order valence-electron chi connectivity index (χ1n) is 5.42. The maximum absolute atomic E-state index is 11.9. The first kappa shape index (κ1) is 15.3. The van der Waals surface area contributed by atoms with Crippen LogP contribution in [-0.4, -0.2) is 37.2 Å². The van der Waals surface area contributed by atoms with Crippen molar-refractivity contribution in [2.45, 2.75) is 27.2 Å². The molecule has 0 N–H and O–H groups in total. The molecule has 16 heavy (non-hydrogen) atoms. The quantitative estimate of drug-likeness (QED) is 0.508. The molecule has 5 heteroatoms. The molecule has 0 rings (SSSR count). The highest BCUT2D eigenvalue weighted by molar-refractivity contribution is 7.98. The van der Waals surface area contributed by atoms with Crippen LogP contribution < -0.4 is 0 Å². The van der Waals surface area contributed by atoms with E-state index >= 15 is 0 Å². The van der Waals surface area contributed by atoms with Gasteiger partial charge in [0.25, 0.3) is 0 Å². The summed E-state index contributed by atoms with van der Waals surface area (Å²) < 4.78 is 9.93. The summed E-state index contributed by atoms with van der Waals surface area (Å²) in [6.45, 7) is 5.79. The van der Waals surface area contributed by atoms with Crippen LogP contribution in [0.25, 0.3) is 0 Å². The molecule has 0 aliphatic rings. The van der Waals surface area contributed by atoms with Gasteiger partial charge in [0.1, 0.15) is 0 Å². The van der Waals surface area contributed by atoms with Crippen LogP contribution >= 0.6 is 11.8 Å². The third kappa shape index (κ3) is 3.40. The van der Waals surface area contributed by atoms with Crippen LogP contribution in [0.1, 0.15) is 27.2 Å². The molecule has 4 nitrogen and oxygen atoms in total. The number of hydrogen-bond donors (Lipinski definition) is 0. The average molecular weight is 248 g/mol. The van der Waals surface area contributed by atoms with Crippen molar-refractivity contribution in [3.63, 3.8) is 0 Å². The van der Waals surface area contributed by atoms with Crippen LogP contribution in [0.4, 0.5) is 0 Å². The fourth-order valence-corrected chi connectivity index (χ4v) is 2.31. The van der Waals surface area contributed by atoms with E-state index in [1.165, 1.54) is 11.8 Å². The molecular weight excluding hydrogens is 228 g/mol. The van der Waals surface area contributed by atoms with Crippen molar-refractivity contribution in [2.24, 2.45) is 5.41 Å². The number of ether oxygens (including phenoxy) is 2. The Morgan fingerprint density at radius 2 is 1.50 bits per heavy atom. The van der Waals surface area contributed by atoms with Crippen molar-refractivity contribution < 1.29 is 19.1 Å². The molecule has 0 atom stereocenters. The van der Waals surface area contributed by atoms with Crippen LogP contribution in [-0.2, 0) is 19.1 Å². The lowest BCUT2D eigenvalue weighted by molar-refractivity contribution is -0.170. The van der Waals surface area contributed by atoms with E-state index in [1.807, 2.05) is 6.26 Å². The van der Waals surface area contributed by atoms with Crippen molar-refractivity contribution >= 4 is 23.7 Å². The Morgan fingerprint density at radius 3 is 1.75 bits per heavy atom. The molecule has 0 unspecified atom stereocenters. The summed E-state index contributed by atoms with van der Waals surface area (Å²) in [5.41, 5.74) is -1.15. The van der Waals surface area contributed by atoms with Crippen LogP contribution in [0.3, 0.4) is 0 Å². The number of esters is 2. The van der Waals surface area contributed by atoms with Crippen LogP contribution in [0.2, 0.25) is 0 Å². The number of hydrogen-bond acceptors (Lipinski definition) is 5. The van der Waals surface area contributed by atoms with E-state index in [0.717, 1.165) is 0 Å². The smallest absolute Gasteiger partial charge is 0.324 e. The minimum Gasteiger partial charge on any atom is -0.465 e. The van der Waals surface area contributed by atoms with Crippen molar-refractivity contribution in [3.8, 4) is 0 Å². The molecule has 0 radical (unpaired) electrons. The Labute approximate surface area is 101 Å². The van der Waals surface area contributed by atoms with Crippen molar-refractivity contribution in [1.82, 2.24) is 0 Å². The second-order valence-corrected chi connectivity index (χ2v) is 4.18. The Bertz CT molecular complexity index is 222. The maximum Gasteiger partial charge on any atom is 0.324 e. The van der Waals surface area contributed by atoms with Gasteiger partial charge in [-0.05, 0) is 26.5 Å². The topological polar surface area (TPSA) is 52.6 Å². The van der Waals surface area contributed by atoms with Gasteiger partial charge in [0.05, 0.1) is 13.2 Å². The largest absolute Gasteiger partial charge is 0.465 e. The minimum atomic E-state index is -1.15. The summed E-state index contributed by atoms with van der Waals surface area (Å²) in [6, 6.07) is 0. The lowest BCUT2D eigenvalue weighted by Crippen LogP contribution is -2.43. The average Bonchev–Trinajstić information content (AvgIpc) is 2.26. The molecule has 0 heterocycles. The molecule has 0 aliphatic carbocycles. The summed E-state index contributed by atoms with van der Waals surface area (Å²) in [5.74, 6) is -0.572. The Morgan fingerprint density at radius 1 is 1.06 bits per heavy atom. The van der Waals surface area contributed by atoms with E-state index in [9.17, 15) is 9.59 Å². The molecular formula is C11H20O4S. The number of carbonyl (C=O) groups is 2. The van der Waals surface area contributed by atoms with Crippen LogP contribution in [0.15, 0.2) is 0 Å². The predicted octanol–water partition coefficient (Wildman–Crippen LogP) is 1.87. The fourth-order valence-electron chi connectivity index (χ4n) is 1.38. The first-order chi connectivity index (χ1) is 7.58. The molecule has 94 valence electrons. The molecule has 0 aromatic carbocycles. The Balaban J connectivity index is 4.97. The summed E-state index contributed by atoms with van der Waals surface area (Å²) in [6.07, 6.45) is 2.24. The van der Waals surface area contributed by atoms with Gasteiger partial charge in [0, 0.05) is 5.75 Å². The molecule has 0 fully saturated rings. The monoisotopic (exact) mass is 248 g/mol. The van der Waals surface area contributed by atoms with Gasteiger partial charge in [-0.15, -0.1) is 0 Å². The zero-order chi connectivity index (χ0) is 12.6. The van der Waals surface area contributed by atoms with E-state index < -0.39 is 17.4 Å². The second kappa shape index (κ2) is 7.54. The van der Waals surface area contributed by atoms with Gasteiger partial charge >= 0.3 is 11.9 Å². The standard InChI is InChI=1S/C11H20O4S/c1-5-11(8-16-4,9(12)14-6-2)10(13)15-7-3/h5-8H2,1-4H3. The summed E-state index contributed by atoms with van der Waals surface area (Å²) >= 11 is 1.44. The highest BCUT2D eigenvalue weighted by Crippen LogP contribution is 2.29. The van der Waals surface area contributed by atoms with Gasteiger partial charge in [-0.3, -0.25) is 9.59 Å². The van der Waals surface area contributed by atoms with E-state index in [2.05, 4.69) is 0 Å². The summed E-state index contributed by atoms with van der Waals surface area (Å²) in [4.78, 5) is 23.7. The highest BCUT2D eigenvalue weighted by Gasteiger charge is 2.46. The third-order valence-electron chi connectivity index (χ3n) is 2.33. The molecule has 0 aromatic rings. The van der Waals surface area contributed by atoms with Crippen LogP contribution in [0.5, 0.6) is 0 Å². The molecule has 0 bridgehead atoms. The Kier molecular flexibility index (Phi) is 7.21. The first-order valence-corrected chi connectivity index (χ1v) is 6.81. The summed E-state index contributed by atoms with van der Waals surface area (Å²) in [7, 11) is 0. The molecule has 0 aliphatic heterocycles. The Hall–Kier alpha value is -0.710. The van der Waals surface area contributed by atoms with Gasteiger partial charge in [-0.1, -0.05) is 6.92 Å². The van der Waals surface area contributed by atoms with E-state index in [1.54, 1.807) is 20.8 Å². The van der Waals surface area contributed by atoms with E-state index in [0.29, 0.717) is 12.2 Å². The van der Waals surface area contributed by atoms with Crippen molar-refractivity contribution in [3.05, 3.63) is 0 Å². The molecule has 0 spiro atoms. The fraction of sp³-hybridized carbons (Fsp3) is 0.818. The van der Waals surface area contributed by atoms with Gasteiger partial charge in [-0.25, -0.2) is 0 Å². The lowest BCUT2D eigenvalue weighted by atomic mass is 9.87. The second-order valence-electron chi connectivity index (χ2n) is 3.31. The van der Waals surface area contributed by atoms with E-state index in [-0.39, 0.29) is 13.2 Å². The van der Waals surface area contributed by atoms with Gasteiger partial charge < -0.3 is 9.47 Å². The number of thioether (sulfide) groups is 1. The lowest BCUT2D eigenvalue weighted by Gasteiger charge is -2.26. The normalized spacial score (nSPS) is 11.0. The van der Waals surface area contributed by atoms with E-state index in [4.69, 9.17) is 9.47 Å². The summed E-state index contributed by atoms with van der Waals surface area (Å²) in [5, 5.41) is 0. The third-order valence-corrected chi connectivity index (χ3v) is 3.11. The zero-order valence-electron chi connectivity index (χ0n) is 10.4. The molecule has 0 amide bonds. The SMILES string of the molecule is CCOC(=O)C(CC)(CSC)C(=O)OCC. The van der Waals surface area contributed by atoms with Gasteiger partial charge in [-0.2, -0.15) is 11.8 Å². The van der Waals surface area contributed by atoms with Crippen LogP contribution in [0, 0.1) is 5.41 Å². The number of rotatable bonds is 7. The van der Waals surface area contributed by atoms with Crippen molar-refractivity contribution in [1.29, 1.82) is 0 Å². The maximum atomic E-state index is 11.9. The zero-order valence-corrected chi connectivity index (χ0v) is 11.2.